The molecule has 0 bridgehead atoms. The summed E-state index contributed by atoms with van der Waals surface area (Å²) in [5.74, 6) is -0.384. The zero-order valence-electron chi connectivity index (χ0n) is 10.4. The Kier molecular flexibility index (Phi) is 3.86. The Hall–Kier alpha value is -0.840. The summed E-state index contributed by atoms with van der Waals surface area (Å²) in [6.45, 7) is 9.11. The molecule has 0 aliphatic carbocycles. The van der Waals surface area contributed by atoms with Crippen molar-refractivity contribution in [2.75, 3.05) is 19.8 Å². The minimum Gasteiger partial charge on any atom is -0.495 e. The van der Waals surface area contributed by atoms with Crippen molar-refractivity contribution in [2.24, 2.45) is 5.92 Å². The third-order valence-electron chi connectivity index (χ3n) is 3.05. The zero-order valence-corrected chi connectivity index (χ0v) is 10.4. The van der Waals surface area contributed by atoms with Gasteiger partial charge in [-0.25, -0.2) is 0 Å². The van der Waals surface area contributed by atoms with Gasteiger partial charge in [0.05, 0.1) is 38.1 Å². The van der Waals surface area contributed by atoms with Gasteiger partial charge in [0.2, 0.25) is 0 Å². The van der Waals surface area contributed by atoms with E-state index in [4.69, 9.17) is 18.9 Å². The average Bonchev–Trinajstić information content (AvgIpc) is 2.46. The second kappa shape index (κ2) is 5.21. The quantitative estimate of drug-likeness (QED) is 0.706. The topological polar surface area (TPSA) is 36.9 Å². The molecule has 0 saturated carbocycles. The molecule has 0 radical (unpaired) electrons. The molecule has 3 atom stereocenters. The first-order valence-electron chi connectivity index (χ1n) is 5.95. The molecule has 2 heterocycles. The monoisotopic (exact) mass is 240 g/mol. The molecule has 96 valence electrons. The summed E-state index contributed by atoms with van der Waals surface area (Å²) >= 11 is 0. The van der Waals surface area contributed by atoms with Gasteiger partial charge in [-0.3, -0.25) is 0 Å². The molecule has 1 fully saturated rings. The molecule has 0 amide bonds. The Morgan fingerprint density at radius 1 is 1.41 bits per heavy atom. The predicted octanol–water partition coefficient (Wildman–Crippen LogP) is 1.87. The van der Waals surface area contributed by atoms with Gasteiger partial charge in [-0.15, -0.1) is 6.58 Å². The standard InChI is InChI=1S/C13H20O4/c1-4-6-14-11-5-7-15-12-9-17-13(2,3)16-8-10(11)12/h4-5,7,10-12H,1,6,8-9H2,2-3H3/t10-,11-,12+/m0/s1. The highest BCUT2D eigenvalue weighted by Crippen LogP contribution is 2.29. The SMILES string of the molecule is C=CCO[C@H]1C=CO[C@@H]2COC(C)(C)OC[C@@H]12. The van der Waals surface area contributed by atoms with Crippen LogP contribution in [0.15, 0.2) is 25.0 Å². The maximum Gasteiger partial charge on any atom is 0.162 e. The third-order valence-corrected chi connectivity index (χ3v) is 3.05. The van der Waals surface area contributed by atoms with E-state index >= 15 is 0 Å². The molecule has 0 aromatic rings. The van der Waals surface area contributed by atoms with Crippen LogP contribution in [0.25, 0.3) is 0 Å². The maximum atomic E-state index is 5.73. The van der Waals surface area contributed by atoms with E-state index in [2.05, 4.69) is 6.58 Å². The second-order valence-corrected chi connectivity index (χ2v) is 4.78. The van der Waals surface area contributed by atoms with Gasteiger partial charge in [-0.05, 0) is 19.9 Å². The Balaban J connectivity index is 2.03. The predicted molar refractivity (Wildman–Crippen MR) is 63.4 cm³/mol. The van der Waals surface area contributed by atoms with Crippen LogP contribution in [-0.2, 0) is 18.9 Å². The molecular weight excluding hydrogens is 220 g/mol. The van der Waals surface area contributed by atoms with Crippen molar-refractivity contribution in [1.29, 1.82) is 0 Å². The molecule has 0 N–H and O–H groups in total. The molecule has 0 aromatic carbocycles. The minimum absolute atomic E-state index is 0.00316. The highest BCUT2D eigenvalue weighted by molar-refractivity contribution is 4.99. The molecule has 17 heavy (non-hydrogen) atoms. The number of rotatable bonds is 3. The van der Waals surface area contributed by atoms with Crippen LogP contribution in [-0.4, -0.2) is 37.8 Å². The number of hydrogen-bond donors (Lipinski definition) is 0. The molecule has 2 aliphatic heterocycles. The van der Waals surface area contributed by atoms with Crippen LogP contribution >= 0.6 is 0 Å². The summed E-state index contributed by atoms with van der Waals surface area (Å²) in [5.41, 5.74) is 0. The summed E-state index contributed by atoms with van der Waals surface area (Å²) in [7, 11) is 0. The van der Waals surface area contributed by atoms with Gasteiger partial charge >= 0.3 is 0 Å². The Morgan fingerprint density at radius 2 is 2.18 bits per heavy atom. The lowest BCUT2D eigenvalue weighted by Crippen LogP contribution is -2.40. The zero-order chi connectivity index (χ0) is 12.3. The van der Waals surface area contributed by atoms with Crippen molar-refractivity contribution in [3.63, 3.8) is 0 Å². The Labute approximate surface area is 102 Å². The van der Waals surface area contributed by atoms with E-state index in [1.165, 1.54) is 0 Å². The smallest absolute Gasteiger partial charge is 0.162 e. The van der Waals surface area contributed by atoms with Crippen LogP contribution in [0.2, 0.25) is 0 Å². The Bertz CT molecular complexity index is 298. The molecule has 2 rings (SSSR count). The van der Waals surface area contributed by atoms with Crippen molar-refractivity contribution in [3.8, 4) is 0 Å². The van der Waals surface area contributed by atoms with Crippen LogP contribution in [0, 0.1) is 5.92 Å². The lowest BCUT2D eigenvalue weighted by molar-refractivity contribution is -0.204. The normalized spacial score (nSPS) is 35.5. The van der Waals surface area contributed by atoms with Crippen molar-refractivity contribution in [2.45, 2.75) is 31.8 Å². The van der Waals surface area contributed by atoms with Crippen molar-refractivity contribution in [3.05, 3.63) is 25.0 Å². The van der Waals surface area contributed by atoms with Crippen LogP contribution in [0.4, 0.5) is 0 Å². The fourth-order valence-electron chi connectivity index (χ4n) is 2.02. The van der Waals surface area contributed by atoms with Crippen LogP contribution < -0.4 is 0 Å². The third kappa shape index (κ3) is 3.09. The summed E-state index contributed by atoms with van der Waals surface area (Å²) in [6.07, 6.45) is 5.36. The van der Waals surface area contributed by atoms with Gasteiger partial charge in [0.25, 0.3) is 0 Å². The van der Waals surface area contributed by atoms with Gasteiger partial charge in [-0.1, -0.05) is 6.08 Å². The van der Waals surface area contributed by atoms with Crippen molar-refractivity contribution in [1.82, 2.24) is 0 Å². The van der Waals surface area contributed by atoms with E-state index in [0.717, 1.165) is 0 Å². The molecule has 2 aliphatic rings. The second-order valence-electron chi connectivity index (χ2n) is 4.78. The number of hydrogen-bond acceptors (Lipinski definition) is 4. The van der Waals surface area contributed by atoms with Gasteiger partial charge in [0, 0.05) is 0 Å². The molecule has 1 saturated heterocycles. The summed E-state index contributed by atoms with van der Waals surface area (Å²) in [5, 5.41) is 0. The summed E-state index contributed by atoms with van der Waals surface area (Å²) in [6, 6.07) is 0. The summed E-state index contributed by atoms with van der Waals surface area (Å²) in [4.78, 5) is 0. The summed E-state index contributed by atoms with van der Waals surface area (Å²) < 4.78 is 22.7. The number of ether oxygens (including phenoxy) is 4. The minimum atomic E-state index is -0.552. The largest absolute Gasteiger partial charge is 0.495 e. The first-order valence-corrected chi connectivity index (χ1v) is 5.95. The molecular formula is C13H20O4. The van der Waals surface area contributed by atoms with Gasteiger partial charge in [-0.2, -0.15) is 0 Å². The highest BCUT2D eigenvalue weighted by Gasteiger charge is 2.39. The molecule has 0 aromatic heterocycles. The maximum absolute atomic E-state index is 5.73. The van der Waals surface area contributed by atoms with E-state index in [1.807, 2.05) is 19.9 Å². The van der Waals surface area contributed by atoms with Gasteiger partial charge in [0.15, 0.2) is 5.79 Å². The molecule has 4 nitrogen and oxygen atoms in total. The fraction of sp³-hybridized carbons (Fsp3) is 0.692. The number of fused-ring (bicyclic) bond motifs is 1. The van der Waals surface area contributed by atoms with Gasteiger partial charge < -0.3 is 18.9 Å². The first-order chi connectivity index (χ1) is 8.12. The fourth-order valence-corrected chi connectivity index (χ4v) is 2.02. The molecule has 4 heteroatoms. The highest BCUT2D eigenvalue weighted by atomic mass is 16.7. The van der Waals surface area contributed by atoms with Crippen molar-refractivity contribution < 1.29 is 18.9 Å². The van der Waals surface area contributed by atoms with Gasteiger partial charge in [0.1, 0.15) is 6.10 Å². The van der Waals surface area contributed by atoms with E-state index in [9.17, 15) is 0 Å². The van der Waals surface area contributed by atoms with Crippen molar-refractivity contribution >= 4 is 0 Å². The van der Waals surface area contributed by atoms with Crippen LogP contribution in [0.3, 0.4) is 0 Å². The Morgan fingerprint density at radius 3 is 2.94 bits per heavy atom. The van der Waals surface area contributed by atoms with E-state index < -0.39 is 5.79 Å². The first kappa shape index (κ1) is 12.6. The van der Waals surface area contributed by atoms with Crippen LogP contribution in [0.5, 0.6) is 0 Å². The molecule has 0 spiro atoms. The van der Waals surface area contributed by atoms with E-state index in [-0.39, 0.29) is 18.1 Å². The average molecular weight is 240 g/mol. The van der Waals surface area contributed by atoms with E-state index in [0.29, 0.717) is 19.8 Å². The lowest BCUT2D eigenvalue weighted by atomic mass is 9.95. The van der Waals surface area contributed by atoms with E-state index in [1.54, 1.807) is 12.3 Å². The molecule has 0 unspecified atom stereocenters. The lowest BCUT2D eigenvalue weighted by Gasteiger charge is -2.32. The van der Waals surface area contributed by atoms with Crippen LogP contribution in [0.1, 0.15) is 13.8 Å².